The molecule has 11 heavy (non-hydrogen) atoms. The quantitative estimate of drug-likeness (QED) is 0.676. The highest BCUT2D eigenvalue weighted by molar-refractivity contribution is 6.25. The first-order valence-corrected chi connectivity index (χ1v) is 4.21. The normalized spacial score (nSPS) is 25.5. The SMILES string of the molecule is C/C(=C\Cl)CC1CCNC1=O. The Hall–Kier alpha value is -0.500. The minimum Gasteiger partial charge on any atom is -0.356 e. The second kappa shape index (κ2) is 3.77. The van der Waals surface area contributed by atoms with Crippen molar-refractivity contribution in [3.8, 4) is 0 Å². The summed E-state index contributed by atoms with van der Waals surface area (Å²) in [6.07, 6.45) is 1.75. The van der Waals surface area contributed by atoms with Crippen LogP contribution >= 0.6 is 11.6 Å². The fourth-order valence-corrected chi connectivity index (χ4v) is 1.36. The lowest BCUT2D eigenvalue weighted by atomic mass is 10.0. The second-order valence-electron chi connectivity index (χ2n) is 2.94. The van der Waals surface area contributed by atoms with Crippen molar-refractivity contribution in [2.45, 2.75) is 19.8 Å². The molecule has 1 heterocycles. The third-order valence-corrected chi connectivity index (χ3v) is 2.29. The first kappa shape index (κ1) is 8.60. The monoisotopic (exact) mass is 173 g/mol. The fraction of sp³-hybridized carbons (Fsp3) is 0.625. The number of amides is 1. The Bertz CT molecular complexity index is 189. The van der Waals surface area contributed by atoms with Crippen molar-refractivity contribution in [3.63, 3.8) is 0 Å². The van der Waals surface area contributed by atoms with Gasteiger partial charge in [-0.25, -0.2) is 0 Å². The number of rotatable bonds is 2. The maximum absolute atomic E-state index is 11.0. The number of halogens is 1. The number of hydrogen-bond donors (Lipinski definition) is 1. The van der Waals surface area contributed by atoms with Crippen LogP contribution in [0.2, 0.25) is 0 Å². The highest BCUT2D eigenvalue weighted by Crippen LogP contribution is 2.18. The van der Waals surface area contributed by atoms with Crippen molar-refractivity contribution < 1.29 is 4.79 Å². The minimum absolute atomic E-state index is 0.157. The molecule has 2 nitrogen and oxygen atoms in total. The van der Waals surface area contributed by atoms with Gasteiger partial charge in [0.05, 0.1) is 0 Å². The lowest BCUT2D eigenvalue weighted by molar-refractivity contribution is -0.122. The zero-order chi connectivity index (χ0) is 8.27. The Labute approximate surface area is 71.6 Å². The second-order valence-corrected chi connectivity index (χ2v) is 3.15. The maximum Gasteiger partial charge on any atom is 0.223 e. The molecule has 0 bridgehead atoms. The molecule has 0 saturated carbocycles. The van der Waals surface area contributed by atoms with E-state index in [9.17, 15) is 4.79 Å². The first-order chi connectivity index (χ1) is 5.24. The lowest BCUT2D eigenvalue weighted by Gasteiger charge is -2.04. The van der Waals surface area contributed by atoms with Gasteiger partial charge in [0.25, 0.3) is 0 Å². The summed E-state index contributed by atoms with van der Waals surface area (Å²) in [5.74, 6) is 0.327. The Kier molecular flexibility index (Phi) is 2.94. The molecule has 1 N–H and O–H groups in total. The summed E-state index contributed by atoms with van der Waals surface area (Å²) in [4.78, 5) is 11.0. The smallest absolute Gasteiger partial charge is 0.223 e. The zero-order valence-corrected chi connectivity index (χ0v) is 7.32. The molecular weight excluding hydrogens is 162 g/mol. The van der Waals surface area contributed by atoms with Gasteiger partial charge in [0.1, 0.15) is 0 Å². The van der Waals surface area contributed by atoms with Crippen LogP contribution in [0.3, 0.4) is 0 Å². The summed E-state index contributed by atoms with van der Waals surface area (Å²) in [5.41, 5.74) is 2.62. The van der Waals surface area contributed by atoms with Gasteiger partial charge in [0, 0.05) is 18.0 Å². The molecule has 1 unspecified atom stereocenters. The van der Waals surface area contributed by atoms with Crippen LogP contribution in [0.25, 0.3) is 0 Å². The van der Waals surface area contributed by atoms with E-state index in [1.807, 2.05) is 6.92 Å². The molecule has 1 atom stereocenters. The van der Waals surface area contributed by atoms with Crippen LogP contribution in [0.5, 0.6) is 0 Å². The summed E-state index contributed by atoms with van der Waals surface area (Å²) >= 11 is 5.48. The predicted molar refractivity (Wildman–Crippen MR) is 45.3 cm³/mol. The van der Waals surface area contributed by atoms with Crippen LogP contribution in [0.4, 0.5) is 0 Å². The van der Waals surface area contributed by atoms with Crippen molar-refractivity contribution in [1.82, 2.24) is 5.32 Å². The summed E-state index contributed by atoms with van der Waals surface area (Å²) in [6, 6.07) is 0. The molecule has 0 aromatic rings. The van der Waals surface area contributed by atoms with Gasteiger partial charge in [-0.15, -0.1) is 0 Å². The molecule has 1 aliphatic rings. The molecule has 62 valence electrons. The molecule has 1 amide bonds. The number of carbonyl (C=O) groups is 1. The van der Waals surface area contributed by atoms with E-state index >= 15 is 0 Å². The molecule has 0 aromatic heterocycles. The number of carbonyl (C=O) groups excluding carboxylic acids is 1. The van der Waals surface area contributed by atoms with E-state index in [0.717, 1.165) is 25.0 Å². The van der Waals surface area contributed by atoms with Crippen LogP contribution in [0.1, 0.15) is 19.8 Å². The van der Waals surface area contributed by atoms with Crippen molar-refractivity contribution in [3.05, 3.63) is 11.1 Å². The fourth-order valence-electron chi connectivity index (χ4n) is 1.27. The highest BCUT2D eigenvalue weighted by atomic mass is 35.5. The lowest BCUT2D eigenvalue weighted by Crippen LogP contribution is -2.19. The number of allylic oxidation sites excluding steroid dienone is 1. The summed E-state index contributed by atoms with van der Waals surface area (Å²) in [7, 11) is 0. The van der Waals surface area contributed by atoms with E-state index < -0.39 is 0 Å². The minimum atomic E-state index is 0.157. The van der Waals surface area contributed by atoms with E-state index in [-0.39, 0.29) is 11.8 Å². The van der Waals surface area contributed by atoms with Crippen molar-refractivity contribution >= 4 is 17.5 Å². The predicted octanol–water partition coefficient (Wildman–Crippen LogP) is 1.66. The average Bonchev–Trinajstić information content (AvgIpc) is 2.37. The highest BCUT2D eigenvalue weighted by Gasteiger charge is 2.23. The van der Waals surface area contributed by atoms with Gasteiger partial charge in [-0.1, -0.05) is 17.2 Å². The van der Waals surface area contributed by atoms with Gasteiger partial charge >= 0.3 is 0 Å². The maximum atomic E-state index is 11.0. The summed E-state index contributed by atoms with van der Waals surface area (Å²) in [6.45, 7) is 2.76. The van der Waals surface area contributed by atoms with Crippen LogP contribution in [0, 0.1) is 5.92 Å². The van der Waals surface area contributed by atoms with Crippen LogP contribution in [-0.4, -0.2) is 12.5 Å². The zero-order valence-electron chi connectivity index (χ0n) is 6.56. The van der Waals surface area contributed by atoms with Gasteiger partial charge in [-0.2, -0.15) is 0 Å². The van der Waals surface area contributed by atoms with Crippen molar-refractivity contribution in [2.75, 3.05) is 6.54 Å². The molecule has 3 heteroatoms. The molecule has 1 rings (SSSR count). The van der Waals surface area contributed by atoms with Crippen LogP contribution in [0.15, 0.2) is 11.1 Å². The average molecular weight is 174 g/mol. The molecule has 0 aliphatic carbocycles. The Morgan fingerprint density at radius 2 is 2.64 bits per heavy atom. The topological polar surface area (TPSA) is 29.1 Å². The van der Waals surface area contributed by atoms with Crippen molar-refractivity contribution in [2.24, 2.45) is 5.92 Å². The Morgan fingerprint density at radius 3 is 3.09 bits per heavy atom. The van der Waals surface area contributed by atoms with E-state index in [1.165, 1.54) is 0 Å². The van der Waals surface area contributed by atoms with Gasteiger partial charge in [-0.3, -0.25) is 4.79 Å². The summed E-state index contributed by atoms with van der Waals surface area (Å²) in [5, 5.41) is 2.79. The van der Waals surface area contributed by atoms with Crippen LogP contribution < -0.4 is 5.32 Å². The first-order valence-electron chi connectivity index (χ1n) is 3.77. The molecule has 0 spiro atoms. The van der Waals surface area contributed by atoms with E-state index in [0.29, 0.717) is 0 Å². The summed E-state index contributed by atoms with van der Waals surface area (Å²) < 4.78 is 0. The number of hydrogen-bond acceptors (Lipinski definition) is 1. The van der Waals surface area contributed by atoms with Gasteiger partial charge in [0.15, 0.2) is 0 Å². The third kappa shape index (κ3) is 2.22. The third-order valence-electron chi connectivity index (χ3n) is 1.92. The van der Waals surface area contributed by atoms with E-state index in [1.54, 1.807) is 5.54 Å². The Morgan fingerprint density at radius 1 is 1.91 bits per heavy atom. The molecule has 1 aliphatic heterocycles. The Balaban J connectivity index is 2.43. The van der Waals surface area contributed by atoms with Gasteiger partial charge < -0.3 is 5.32 Å². The van der Waals surface area contributed by atoms with E-state index in [2.05, 4.69) is 5.32 Å². The molecular formula is C8H12ClNO. The molecule has 0 radical (unpaired) electrons. The molecule has 1 fully saturated rings. The molecule has 1 saturated heterocycles. The number of nitrogens with one attached hydrogen (secondary N) is 1. The van der Waals surface area contributed by atoms with Crippen LogP contribution in [-0.2, 0) is 4.79 Å². The van der Waals surface area contributed by atoms with Crippen molar-refractivity contribution in [1.29, 1.82) is 0 Å². The van der Waals surface area contributed by atoms with Gasteiger partial charge in [0.2, 0.25) is 5.91 Å². The van der Waals surface area contributed by atoms with Gasteiger partial charge in [-0.05, 0) is 19.8 Å². The van der Waals surface area contributed by atoms with E-state index in [4.69, 9.17) is 11.6 Å². The molecule has 0 aromatic carbocycles. The standard InChI is InChI=1S/C8H12ClNO/c1-6(5-9)4-7-2-3-10-8(7)11/h5,7H,2-4H2,1H3,(H,10,11)/b6-5+. The largest absolute Gasteiger partial charge is 0.356 e.